The smallest absolute Gasteiger partial charge is 0.335 e. The Bertz CT molecular complexity index is 1690. The van der Waals surface area contributed by atoms with Crippen molar-refractivity contribution in [2.75, 3.05) is 11.3 Å². The second kappa shape index (κ2) is 14.5. The minimum atomic E-state index is -4.26. The number of aromatic carboxylic acids is 1. The van der Waals surface area contributed by atoms with Crippen LogP contribution in [0.25, 0.3) is 11.3 Å². The SMILES string of the molecule is Cc1cccc(OCc2ccccc2)c1-c1cc(OC[C@H](N)CC(C)(C)C)nc(NS(=O)(=O)c2cccc(C(=O)O)c2)n1.Cl. The van der Waals surface area contributed by atoms with E-state index in [1.54, 1.807) is 6.07 Å². The number of ether oxygens (including phenoxy) is 2. The van der Waals surface area contributed by atoms with Gasteiger partial charge in [-0.05, 0) is 54.2 Å². The summed E-state index contributed by atoms with van der Waals surface area (Å²) in [6, 6.07) is 21.6. The standard InChI is InChI=1S/C32H36N4O6S.ClH/c1-21-10-8-15-27(41-19-22-11-6-5-7-12-22)29(21)26-17-28(42-20-24(33)18-32(2,3)4)35-31(34-26)36-43(39,40)25-14-9-13-23(16-25)30(37)38;/h5-17,24H,18-20,33H2,1-4H3,(H,37,38)(H,34,35,36);1H/t24-;/m1./s1. The van der Waals surface area contributed by atoms with Gasteiger partial charge >= 0.3 is 5.97 Å². The van der Waals surface area contributed by atoms with Crippen LogP contribution in [0.5, 0.6) is 11.6 Å². The van der Waals surface area contributed by atoms with Crippen LogP contribution < -0.4 is 19.9 Å². The van der Waals surface area contributed by atoms with E-state index in [2.05, 4.69) is 35.5 Å². The molecule has 0 radical (unpaired) electrons. The van der Waals surface area contributed by atoms with Crippen LogP contribution in [0.4, 0.5) is 5.95 Å². The lowest BCUT2D eigenvalue weighted by Gasteiger charge is -2.23. The number of rotatable bonds is 12. The predicted molar refractivity (Wildman–Crippen MR) is 172 cm³/mol. The lowest BCUT2D eigenvalue weighted by Crippen LogP contribution is -2.32. The number of carboxylic acid groups (broad SMARTS) is 1. The second-order valence-electron chi connectivity index (χ2n) is 11.4. The van der Waals surface area contributed by atoms with E-state index in [0.29, 0.717) is 30.0 Å². The van der Waals surface area contributed by atoms with Gasteiger partial charge in [-0.15, -0.1) is 12.4 Å². The van der Waals surface area contributed by atoms with Crippen molar-refractivity contribution in [3.63, 3.8) is 0 Å². The molecule has 0 saturated carbocycles. The number of anilines is 1. The zero-order valence-electron chi connectivity index (χ0n) is 25.0. The molecule has 0 bridgehead atoms. The van der Waals surface area contributed by atoms with Crippen LogP contribution in [-0.2, 0) is 16.6 Å². The Morgan fingerprint density at radius 1 is 0.977 bits per heavy atom. The summed E-state index contributed by atoms with van der Waals surface area (Å²) < 4.78 is 41.1. The van der Waals surface area contributed by atoms with Gasteiger partial charge in [-0.3, -0.25) is 0 Å². The highest BCUT2D eigenvalue weighted by atomic mass is 35.5. The number of nitrogens with one attached hydrogen (secondary N) is 1. The third-order valence-electron chi connectivity index (χ3n) is 6.37. The van der Waals surface area contributed by atoms with Crippen LogP contribution >= 0.6 is 12.4 Å². The van der Waals surface area contributed by atoms with Gasteiger partial charge < -0.3 is 20.3 Å². The molecule has 234 valence electrons. The highest BCUT2D eigenvalue weighted by Crippen LogP contribution is 2.35. The fraction of sp³-hybridized carbons (Fsp3) is 0.281. The van der Waals surface area contributed by atoms with Gasteiger partial charge in [0, 0.05) is 17.7 Å². The van der Waals surface area contributed by atoms with Crippen molar-refractivity contribution >= 4 is 34.3 Å². The maximum Gasteiger partial charge on any atom is 0.335 e. The number of nitrogens with two attached hydrogens (primary N) is 1. The summed E-state index contributed by atoms with van der Waals surface area (Å²) in [6.07, 6.45) is 0.694. The zero-order valence-corrected chi connectivity index (χ0v) is 26.6. The summed E-state index contributed by atoms with van der Waals surface area (Å²) in [7, 11) is -4.26. The molecule has 3 aromatic carbocycles. The Morgan fingerprint density at radius 3 is 2.36 bits per heavy atom. The summed E-state index contributed by atoms with van der Waals surface area (Å²) in [5.74, 6) is -0.848. The van der Waals surface area contributed by atoms with Gasteiger partial charge in [0.1, 0.15) is 19.0 Å². The molecule has 4 rings (SSSR count). The summed E-state index contributed by atoms with van der Waals surface area (Å²) in [5.41, 5.74) is 8.94. The Balaban J connectivity index is 0.00000529. The molecular weight excluding hydrogens is 604 g/mol. The molecule has 0 aliphatic heterocycles. The molecule has 0 aliphatic carbocycles. The number of carboxylic acids is 1. The average molecular weight is 641 g/mol. The van der Waals surface area contributed by atoms with E-state index in [-0.39, 0.29) is 52.8 Å². The predicted octanol–water partition coefficient (Wildman–Crippen LogP) is 6.09. The molecule has 0 unspecified atom stereocenters. The van der Waals surface area contributed by atoms with Crippen molar-refractivity contribution in [3.8, 4) is 22.9 Å². The number of nitrogens with zero attached hydrogens (tertiary/aromatic N) is 2. The fourth-order valence-electron chi connectivity index (χ4n) is 4.51. The van der Waals surface area contributed by atoms with Crippen LogP contribution in [0.3, 0.4) is 0 Å². The first-order valence-corrected chi connectivity index (χ1v) is 15.2. The molecule has 44 heavy (non-hydrogen) atoms. The van der Waals surface area contributed by atoms with Gasteiger partial charge in [0.2, 0.25) is 11.8 Å². The van der Waals surface area contributed by atoms with Crippen molar-refractivity contribution in [1.82, 2.24) is 9.97 Å². The van der Waals surface area contributed by atoms with Crippen LogP contribution in [0, 0.1) is 12.3 Å². The molecule has 0 aliphatic rings. The molecule has 0 amide bonds. The van der Waals surface area contributed by atoms with Gasteiger partial charge in [0.15, 0.2) is 0 Å². The fourth-order valence-corrected chi connectivity index (χ4v) is 5.50. The Hall–Kier alpha value is -4.19. The first-order valence-electron chi connectivity index (χ1n) is 13.7. The number of halogens is 1. The van der Waals surface area contributed by atoms with Crippen molar-refractivity contribution in [2.24, 2.45) is 11.1 Å². The third kappa shape index (κ3) is 9.40. The summed E-state index contributed by atoms with van der Waals surface area (Å²) in [4.78, 5) is 20.0. The normalized spacial score (nSPS) is 12.1. The van der Waals surface area contributed by atoms with Crippen LogP contribution in [0.2, 0.25) is 0 Å². The average Bonchev–Trinajstić information content (AvgIpc) is 2.94. The maximum absolute atomic E-state index is 13.3. The lowest BCUT2D eigenvalue weighted by atomic mass is 9.89. The molecule has 1 aromatic heterocycles. The van der Waals surface area contributed by atoms with Crippen LogP contribution in [0.1, 0.15) is 48.7 Å². The van der Waals surface area contributed by atoms with Gasteiger partial charge in [-0.1, -0.05) is 69.3 Å². The van der Waals surface area contributed by atoms with E-state index < -0.39 is 16.0 Å². The number of aryl methyl sites for hydroxylation is 1. The van der Waals surface area contributed by atoms with Gasteiger partial charge in [-0.25, -0.2) is 22.9 Å². The maximum atomic E-state index is 13.3. The molecule has 1 atom stereocenters. The highest BCUT2D eigenvalue weighted by Gasteiger charge is 2.22. The van der Waals surface area contributed by atoms with Crippen molar-refractivity contribution in [2.45, 2.75) is 51.7 Å². The molecule has 4 N–H and O–H groups in total. The quantitative estimate of drug-likeness (QED) is 0.167. The van der Waals surface area contributed by atoms with E-state index in [1.807, 2.05) is 55.5 Å². The number of benzene rings is 3. The molecule has 12 heteroatoms. The first kappa shape index (κ1) is 34.3. The molecule has 0 saturated heterocycles. The number of sulfonamides is 1. The molecule has 10 nitrogen and oxygen atoms in total. The molecule has 0 fully saturated rings. The van der Waals surface area contributed by atoms with E-state index in [1.165, 1.54) is 18.2 Å². The summed E-state index contributed by atoms with van der Waals surface area (Å²) >= 11 is 0. The monoisotopic (exact) mass is 640 g/mol. The van der Waals surface area contributed by atoms with Gasteiger partial charge in [0.25, 0.3) is 10.0 Å². The second-order valence-corrected chi connectivity index (χ2v) is 13.1. The number of hydrogen-bond donors (Lipinski definition) is 3. The molecular formula is C32H37ClN4O6S. The largest absolute Gasteiger partial charge is 0.488 e. The molecule has 0 spiro atoms. The molecule has 4 aromatic rings. The highest BCUT2D eigenvalue weighted by molar-refractivity contribution is 7.92. The van der Waals surface area contributed by atoms with Crippen LogP contribution in [-0.4, -0.2) is 42.1 Å². The Morgan fingerprint density at radius 2 is 1.68 bits per heavy atom. The minimum Gasteiger partial charge on any atom is -0.488 e. The van der Waals surface area contributed by atoms with E-state index in [0.717, 1.165) is 17.2 Å². The van der Waals surface area contributed by atoms with E-state index in [4.69, 9.17) is 15.2 Å². The first-order chi connectivity index (χ1) is 20.3. The van der Waals surface area contributed by atoms with Gasteiger partial charge in [-0.2, -0.15) is 4.98 Å². The zero-order chi connectivity index (χ0) is 31.2. The number of carbonyl (C=O) groups is 1. The van der Waals surface area contributed by atoms with Crippen molar-refractivity contribution in [3.05, 3.63) is 95.6 Å². The minimum absolute atomic E-state index is 0. The Labute approximate surface area is 264 Å². The Kier molecular flexibility index (Phi) is 11.3. The van der Waals surface area contributed by atoms with Crippen molar-refractivity contribution < 1.29 is 27.8 Å². The third-order valence-corrected chi connectivity index (χ3v) is 7.69. The summed E-state index contributed by atoms with van der Waals surface area (Å²) in [5, 5.41) is 9.33. The summed E-state index contributed by atoms with van der Waals surface area (Å²) in [6.45, 7) is 8.59. The van der Waals surface area contributed by atoms with E-state index in [9.17, 15) is 18.3 Å². The lowest BCUT2D eigenvalue weighted by molar-refractivity contribution is 0.0696. The van der Waals surface area contributed by atoms with Crippen LogP contribution in [0.15, 0.2) is 83.8 Å². The topological polar surface area (TPSA) is 154 Å². The van der Waals surface area contributed by atoms with Gasteiger partial charge in [0.05, 0.1) is 16.2 Å². The number of aromatic nitrogens is 2. The number of hydrogen-bond acceptors (Lipinski definition) is 8. The van der Waals surface area contributed by atoms with Crippen molar-refractivity contribution in [1.29, 1.82) is 0 Å². The molecule has 1 heterocycles. The van der Waals surface area contributed by atoms with E-state index >= 15 is 0 Å².